The molecule has 0 aromatic heterocycles. The molecular formula is C13H13BrF3NO2. The fourth-order valence-corrected chi connectivity index (χ4v) is 2.94. The van der Waals surface area contributed by atoms with Gasteiger partial charge in [0.15, 0.2) is 0 Å². The molecule has 1 aromatic rings. The van der Waals surface area contributed by atoms with Crippen LogP contribution in [0.3, 0.4) is 0 Å². The summed E-state index contributed by atoms with van der Waals surface area (Å²) in [4.78, 5) is 12.6. The molecular weight excluding hydrogens is 339 g/mol. The summed E-state index contributed by atoms with van der Waals surface area (Å²) in [6.45, 7) is 2.05. The Hall–Kier alpha value is -1.24. The van der Waals surface area contributed by atoms with E-state index in [9.17, 15) is 23.1 Å². The topological polar surface area (TPSA) is 40.5 Å². The minimum absolute atomic E-state index is 0.0718. The zero-order valence-corrected chi connectivity index (χ0v) is 12.2. The number of alkyl halides is 3. The van der Waals surface area contributed by atoms with E-state index >= 15 is 0 Å². The summed E-state index contributed by atoms with van der Waals surface area (Å²) in [6, 6.07) is 2.88. The molecule has 1 N–H and O–H groups in total. The lowest BCUT2D eigenvalue weighted by Gasteiger charge is -2.28. The van der Waals surface area contributed by atoms with Crippen molar-refractivity contribution < 1.29 is 23.1 Å². The van der Waals surface area contributed by atoms with Crippen LogP contribution in [0.4, 0.5) is 18.9 Å². The molecule has 7 heteroatoms. The summed E-state index contributed by atoms with van der Waals surface area (Å²) >= 11 is 3.02. The Labute approximate surface area is 122 Å². The predicted octanol–water partition coefficient (Wildman–Crippen LogP) is 3.77. The summed E-state index contributed by atoms with van der Waals surface area (Å²) in [5.74, 6) is -1.27. The van der Waals surface area contributed by atoms with E-state index in [0.29, 0.717) is 17.4 Å². The Morgan fingerprint density at radius 2 is 2.10 bits per heavy atom. The summed E-state index contributed by atoms with van der Waals surface area (Å²) in [7, 11) is 0. The minimum Gasteiger partial charge on any atom is -0.480 e. The molecule has 110 valence electrons. The molecule has 1 fully saturated rings. The van der Waals surface area contributed by atoms with Gasteiger partial charge in [-0.3, -0.25) is 0 Å². The molecule has 0 saturated carbocycles. The van der Waals surface area contributed by atoms with E-state index in [-0.39, 0.29) is 11.6 Å². The van der Waals surface area contributed by atoms with Gasteiger partial charge in [0.2, 0.25) is 0 Å². The average molecular weight is 352 g/mol. The van der Waals surface area contributed by atoms with Crippen molar-refractivity contribution in [2.45, 2.75) is 25.6 Å². The molecule has 1 heterocycles. The highest BCUT2D eigenvalue weighted by Gasteiger charge is 2.42. The first-order valence-corrected chi connectivity index (χ1v) is 6.87. The van der Waals surface area contributed by atoms with Gasteiger partial charge in [-0.05, 0) is 30.5 Å². The first kappa shape index (κ1) is 15.2. The number of rotatable bonds is 2. The number of aliphatic carboxylic acids is 1. The van der Waals surface area contributed by atoms with Crippen LogP contribution in [-0.2, 0) is 11.0 Å². The van der Waals surface area contributed by atoms with E-state index in [2.05, 4.69) is 15.9 Å². The molecule has 1 aliphatic heterocycles. The molecule has 1 aromatic carbocycles. The van der Waals surface area contributed by atoms with E-state index in [0.717, 1.165) is 6.07 Å². The monoisotopic (exact) mass is 351 g/mol. The van der Waals surface area contributed by atoms with Crippen LogP contribution in [0.25, 0.3) is 0 Å². The highest BCUT2D eigenvalue weighted by molar-refractivity contribution is 9.10. The highest BCUT2D eigenvalue weighted by Crippen LogP contribution is 2.41. The molecule has 1 aliphatic rings. The van der Waals surface area contributed by atoms with Crippen molar-refractivity contribution in [3.63, 3.8) is 0 Å². The summed E-state index contributed by atoms with van der Waals surface area (Å²) < 4.78 is 39.6. The van der Waals surface area contributed by atoms with Gasteiger partial charge in [-0.15, -0.1) is 0 Å². The fraction of sp³-hybridized carbons (Fsp3) is 0.462. The third-order valence-corrected chi connectivity index (χ3v) is 4.02. The van der Waals surface area contributed by atoms with Crippen LogP contribution >= 0.6 is 15.9 Å². The Balaban J connectivity index is 2.50. The lowest BCUT2D eigenvalue weighted by atomic mass is 10.0. The molecule has 1 saturated heterocycles. The smallest absolute Gasteiger partial charge is 0.418 e. The van der Waals surface area contributed by atoms with Gasteiger partial charge < -0.3 is 10.0 Å². The van der Waals surface area contributed by atoms with Crippen LogP contribution in [0.15, 0.2) is 22.7 Å². The van der Waals surface area contributed by atoms with Crippen molar-refractivity contribution in [3.8, 4) is 0 Å². The van der Waals surface area contributed by atoms with Gasteiger partial charge in [-0.2, -0.15) is 13.2 Å². The van der Waals surface area contributed by atoms with Crippen molar-refractivity contribution >= 4 is 27.6 Å². The van der Waals surface area contributed by atoms with Gasteiger partial charge in [-0.25, -0.2) is 4.79 Å². The summed E-state index contributed by atoms with van der Waals surface area (Å²) in [6.07, 6.45) is -3.96. The largest absolute Gasteiger partial charge is 0.480 e. The molecule has 2 unspecified atom stereocenters. The van der Waals surface area contributed by atoms with Crippen LogP contribution in [0, 0.1) is 5.92 Å². The molecule has 0 radical (unpaired) electrons. The number of anilines is 1. The maximum atomic E-state index is 13.1. The molecule has 2 atom stereocenters. The number of nitrogens with zero attached hydrogens (tertiary/aromatic N) is 1. The first-order valence-electron chi connectivity index (χ1n) is 6.08. The van der Waals surface area contributed by atoms with Crippen LogP contribution in [0.5, 0.6) is 0 Å². The van der Waals surface area contributed by atoms with Crippen LogP contribution in [0.2, 0.25) is 0 Å². The molecule has 0 bridgehead atoms. The zero-order valence-electron chi connectivity index (χ0n) is 10.6. The number of carbonyl (C=O) groups is 1. The second-order valence-electron chi connectivity index (χ2n) is 4.90. The Kier molecular flexibility index (Phi) is 4.00. The predicted molar refractivity (Wildman–Crippen MR) is 71.7 cm³/mol. The molecule has 0 spiro atoms. The lowest BCUT2D eigenvalue weighted by molar-refractivity contribution is -0.140. The first-order chi connectivity index (χ1) is 9.21. The van der Waals surface area contributed by atoms with Gasteiger partial charge in [0.25, 0.3) is 0 Å². The van der Waals surface area contributed by atoms with Crippen LogP contribution in [-0.4, -0.2) is 23.7 Å². The number of carboxylic acid groups (broad SMARTS) is 1. The summed E-state index contributed by atoms with van der Waals surface area (Å²) in [5.41, 5.74) is -0.885. The standard InChI is InChI=1S/C13H13BrF3NO2/c1-7-4-5-18(11(7)12(19)20)10-3-2-8(14)6-9(10)13(15,16)17/h2-3,6-7,11H,4-5H2,1H3,(H,19,20). The third kappa shape index (κ3) is 2.77. The van der Waals surface area contributed by atoms with Crippen molar-refractivity contribution in [3.05, 3.63) is 28.2 Å². The van der Waals surface area contributed by atoms with Crippen molar-refractivity contribution in [2.75, 3.05) is 11.4 Å². The number of hydrogen-bond donors (Lipinski definition) is 1. The maximum Gasteiger partial charge on any atom is 0.418 e. The van der Waals surface area contributed by atoms with Crippen LogP contribution in [0.1, 0.15) is 18.9 Å². The van der Waals surface area contributed by atoms with E-state index in [4.69, 9.17) is 0 Å². The van der Waals surface area contributed by atoms with Gasteiger partial charge in [0.05, 0.1) is 5.56 Å². The number of carboxylic acids is 1. The van der Waals surface area contributed by atoms with Gasteiger partial charge in [0.1, 0.15) is 6.04 Å². The van der Waals surface area contributed by atoms with E-state index in [1.807, 2.05) is 0 Å². The molecule has 0 aliphatic carbocycles. The van der Waals surface area contributed by atoms with Crippen LogP contribution < -0.4 is 4.90 Å². The maximum absolute atomic E-state index is 13.1. The van der Waals surface area contributed by atoms with E-state index in [1.54, 1.807) is 6.92 Å². The van der Waals surface area contributed by atoms with E-state index in [1.165, 1.54) is 17.0 Å². The average Bonchev–Trinajstić information content (AvgIpc) is 2.70. The van der Waals surface area contributed by atoms with Gasteiger partial charge >= 0.3 is 12.1 Å². The van der Waals surface area contributed by atoms with Crippen molar-refractivity contribution in [1.82, 2.24) is 0 Å². The van der Waals surface area contributed by atoms with E-state index < -0.39 is 23.8 Å². The second-order valence-corrected chi connectivity index (χ2v) is 5.82. The SMILES string of the molecule is CC1CCN(c2ccc(Br)cc2C(F)(F)F)C1C(=O)O. The zero-order chi connectivity index (χ0) is 15.1. The number of hydrogen-bond acceptors (Lipinski definition) is 2. The number of benzene rings is 1. The fourth-order valence-electron chi connectivity index (χ4n) is 2.58. The van der Waals surface area contributed by atoms with Crippen molar-refractivity contribution in [1.29, 1.82) is 0 Å². The molecule has 3 nitrogen and oxygen atoms in total. The van der Waals surface area contributed by atoms with Gasteiger partial charge in [-0.1, -0.05) is 22.9 Å². The quantitative estimate of drug-likeness (QED) is 0.881. The molecule has 0 amide bonds. The Morgan fingerprint density at radius 3 is 2.65 bits per heavy atom. The Morgan fingerprint density at radius 1 is 1.45 bits per heavy atom. The minimum atomic E-state index is -4.52. The lowest BCUT2D eigenvalue weighted by Crippen LogP contribution is -2.40. The van der Waals surface area contributed by atoms with Crippen molar-refractivity contribution in [2.24, 2.45) is 5.92 Å². The molecule has 2 rings (SSSR count). The number of halogens is 4. The van der Waals surface area contributed by atoms with Gasteiger partial charge in [0, 0.05) is 16.7 Å². The second kappa shape index (κ2) is 5.27. The summed E-state index contributed by atoms with van der Waals surface area (Å²) in [5, 5.41) is 9.23. The normalized spacial score (nSPS) is 23.1. The molecule has 20 heavy (non-hydrogen) atoms. The third-order valence-electron chi connectivity index (χ3n) is 3.53. The highest BCUT2D eigenvalue weighted by atomic mass is 79.9. The Bertz CT molecular complexity index is 533.